The van der Waals surface area contributed by atoms with Crippen LogP contribution in [0.4, 0.5) is 0 Å². The lowest BCUT2D eigenvalue weighted by molar-refractivity contribution is 0.334. The molecular weight excluding hydrogens is 124 g/mol. The van der Waals surface area contributed by atoms with Crippen LogP contribution in [0.2, 0.25) is 0 Å². The van der Waals surface area contributed by atoms with E-state index in [1.807, 2.05) is 0 Å². The van der Waals surface area contributed by atoms with E-state index in [1.165, 1.54) is 12.4 Å². The van der Waals surface area contributed by atoms with Crippen molar-refractivity contribution in [1.82, 2.24) is 9.97 Å². The Hall–Kier alpha value is -0.770. The van der Waals surface area contributed by atoms with Gasteiger partial charge >= 0.3 is 0 Å². The highest BCUT2D eigenvalue weighted by molar-refractivity contribution is 7.80. The molecule has 0 saturated heterocycles. The van der Waals surface area contributed by atoms with Gasteiger partial charge in [0.15, 0.2) is 0 Å². The van der Waals surface area contributed by atoms with E-state index in [-0.39, 0.29) is 5.88 Å². The molecule has 3 nitrogen and oxygen atoms in total. The van der Waals surface area contributed by atoms with Gasteiger partial charge in [-0.25, -0.2) is 4.98 Å². The van der Waals surface area contributed by atoms with E-state index >= 15 is 0 Å². The standard InChI is InChI=1S/C4H3N2OS/c7-3-1-4(8)6-2-5-3/h1-2H,(H,5,6,8). The van der Waals surface area contributed by atoms with Crippen molar-refractivity contribution in [3.8, 4) is 5.88 Å². The van der Waals surface area contributed by atoms with Gasteiger partial charge in [0.2, 0.25) is 0 Å². The first kappa shape index (κ1) is 5.37. The molecule has 0 spiro atoms. The maximum atomic E-state index is 10.3. The van der Waals surface area contributed by atoms with Crippen LogP contribution in [0, 0.1) is 0 Å². The fourth-order valence-electron chi connectivity index (χ4n) is 0.330. The highest BCUT2D eigenvalue weighted by atomic mass is 32.1. The van der Waals surface area contributed by atoms with Crippen LogP contribution in [-0.2, 0) is 5.11 Å². The quantitative estimate of drug-likeness (QED) is 0.416. The third kappa shape index (κ3) is 1.10. The highest BCUT2D eigenvalue weighted by Gasteiger charge is 1.89. The van der Waals surface area contributed by atoms with Gasteiger partial charge < -0.3 is 0 Å². The second-order valence-electron chi connectivity index (χ2n) is 1.21. The zero-order valence-electron chi connectivity index (χ0n) is 3.90. The monoisotopic (exact) mass is 127 g/mol. The molecular formula is C4H3N2OS. The normalized spacial score (nSPS) is 9.12. The van der Waals surface area contributed by atoms with Crippen molar-refractivity contribution in [3.05, 3.63) is 12.4 Å². The molecule has 0 fully saturated rings. The summed E-state index contributed by atoms with van der Waals surface area (Å²) in [6, 6.07) is 1.25. The van der Waals surface area contributed by atoms with E-state index in [1.54, 1.807) is 0 Å². The lowest BCUT2D eigenvalue weighted by atomic mass is 10.6. The molecule has 0 aliphatic rings. The third-order valence-corrected chi connectivity index (χ3v) is 0.872. The van der Waals surface area contributed by atoms with E-state index in [9.17, 15) is 5.11 Å². The van der Waals surface area contributed by atoms with Crippen LogP contribution in [0.1, 0.15) is 0 Å². The third-order valence-electron chi connectivity index (χ3n) is 0.628. The lowest BCUT2D eigenvalue weighted by Gasteiger charge is -1.84. The molecule has 1 aromatic rings. The van der Waals surface area contributed by atoms with Crippen LogP contribution in [-0.4, -0.2) is 9.97 Å². The van der Waals surface area contributed by atoms with Crippen molar-refractivity contribution < 1.29 is 5.11 Å². The van der Waals surface area contributed by atoms with Crippen molar-refractivity contribution in [1.29, 1.82) is 0 Å². The van der Waals surface area contributed by atoms with Gasteiger partial charge in [-0.05, 0) is 0 Å². The molecule has 8 heavy (non-hydrogen) atoms. The molecule has 0 aromatic carbocycles. The second-order valence-corrected chi connectivity index (χ2v) is 1.67. The molecule has 1 radical (unpaired) electrons. The Kier molecular flexibility index (Phi) is 1.34. The fraction of sp³-hybridized carbons (Fsp3) is 0. The summed E-state index contributed by atoms with van der Waals surface area (Å²) >= 11 is 3.80. The summed E-state index contributed by atoms with van der Waals surface area (Å²) in [7, 11) is 0. The van der Waals surface area contributed by atoms with Crippen LogP contribution in [0.25, 0.3) is 0 Å². The molecule has 0 atom stereocenters. The molecule has 41 valence electrons. The van der Waals surface area contributed by atoms with E-state index < -0.39 is 0 Å². The minimum Gasteiger partial charge on any atom is -0.267 e. The van der Waals surface area contributed by atoms with Crippen molar-refractivity contribution in [2.45, 2.75) is 5.03 Å². The SMILES string of the molecule is [O]c1cc(S)ncn1. The zero-order chi connectivity index (χ0) is 5.98. The van der Waals surface area contributed by atoms with E-state index in [4.69, 9.17) is 0 Å². The molecule has 0 unspecified atom stereocenters. The number of rotatable bonds is 0. The molecule has 0 aliphatic carbocycles. The average molecular weight is 127 g/mol. The van der Waals surface area contributed by atoms with E-state index in [0.717, 1.165) is 0 Å². The Morgan fingerprint density at radius 1 is 1.50 bits per heavy atom. The van der Waals surface area contributed by atoms with E-state index in [0.29, 0.717) is 5.03 Å². The van der Waals surface area contributed by atoms with Gasteiger partial charge in [-0.15, -0.1) is 12.6 Å². The summed E-state index contributed by atoms with van der Waals surface area (Å²) in [5.74, 6) is -0.301. The zero-order valence-corrected chi connectivity index (χ0v) is 4.80. The second kappa shape index (κ2) is 2.00. The Labute approximate surface area is 51.8 Å². The lowest BCUT2D eigenvalue weighted by Crippen LogP contribution is -1.75. The molecule has 0 N–H and O–H groups in total. The Morgan fingerprint density at radius 2 is 2.25 bits per heavy atom. The molecule has 1 aromatic heterocycles. The van der Waals surface area contributed by atoms with Gasteiger partial charge in [-0.1, -0.05) is 0 Å². The summed E-state index contributed by atoms with van der Waals surface area (Å²) in [5.41, 5.74) is 0. The van der Waals surface area contributed by atoms with Crippen LogP contribution in [0.5, 0.6) is 5.88 Å². The Morgan fingerprint density at radius 3 is 2.62 bits per heavy atom. The minimum absolute atomic E-state index is 0.301. The van der Waals surface area contributed by atoms with Crippen molar-refractivity contribution in [3.63, 3.8) is 0 Å². The van der Waals surface area contributed by atoms with Gasteiger partial charge in [0.1, 0.15) is 11.4 Å². The summed E-state index contributed by atoms with van der Waals surface area (Å²) in [4.78, 5) is 6.92. The summed E-state index contributed by atoms with van der Waals surface area (Å²) in [5, 5.41) is 10.7. The Bertz CT molecular complexity index is 174. The molecule has 0 aliphatic heterocycles. The molecule has 1 rings (SSSR count). The number of hydrogen-bond acceptors (Lipinski definition) is 3. The number of aromatic nitrogens is 2. The predicted molar refractivity (Wildman–Crippen MR) is 29.4 cm³/mol. The smallest absolute Gasteiger partial charge is 0.267 e. The van der Waals surface area contributed by atoms with Gasteiger partial charge in [-0.2, -0.15) is 4.98 Å². The first-order valence-corrected chi connectivity index (χ1v) is 2.42. The molecule has 0 saturated carbocycles. The van der Waals surface area contributed by atoms with Gasteiger partial charge in [0, 0.05) is 6.07 Å². The number of thiol groups is 1. The largest absolute Gasteiger partial charge is 0.273 e. The van der Waals surface area contributed by atoms with E-state index in [2.05, 4.69) is 22.6 Å². The fourth-order valence-corrected chi connectivity index (χ4v) is 0.492. The average Bonchev–Trinajstić information content (AvgIpc) is 1.64. The topological polar surface area (TPSA) is 45.7 Å². The van der Waals surface area contributed by atoms with Crippen LogP contribution >= 0.6 is 12.6 Å². The number of nitrogens with zero attached hydrogens (tertiary/aromatic N) is 2. The minimum atomic E-state index is -0.301. The summed E-state index contributed by atoms with van der Waals surface area (Å²) in [6.45, 7) is 0. The predicted octanol–water partition coefficient (Wildman–Crippen LogP) is 0.909. The molecule has 1 heterocycles. The molecule has 4 heteroatoms. The van der Waals surface area contributed by atoms with Crippen LogP contribution in [0.15, 0.2) is 17.4 Å². The van der Waals surface area contributed by atoms with Gasteiger partial charge in [-0.3, -0.25) is 5.11 Å². The van der Waals surface area contributed by atoms with Crippen LogP contribution < -0.4 is 0 Å². The van der Waals surface area contributed by atoms with Crippen molar-refractivity contribution in [2.24, 2.45) is 0 Å². The summed E-state index contributed by atoms with van der Waals surface area (Å²) < 4.78 is 0. The maximum absolute atomic E-state index is 10.3. The van der Waals surface area contributed by atoms with Crippen molar-refractivity contribution in [2.75, 3.05) is 0 Å². The highest BCUT2D eigenvalue weighted by Crippen LogP contribution is 2.06. The number of hydrogen-bond donors (Lipinski definition) is 1. The van der Waals surface area contributed by atoms with Crippen molar-refractivity contribution >= 4 is 12.6 Å². The molecule has 0 amide bonds. The van der Waals surface area contributed by atoms with Gasteiger partial charge in [0.25, 0.3) is 5.88 Å². The molecule has 0 bridgehead atoms. The van der Waals surface area contributed by atoms with Gasteiger partial charge in [0.05, 0.1) is 0 Å². The maximum Gasteiger partial charge on any atom is 0.273 e. The van der Waals surface area contributed by atoms with Crippen LogP contribution in [0.3, 0.4) is 0 Å². The Balaban J connectivity index is 3.08. The first-order valence-electron chi connectivity index (χ1n) is 1.97. The first-order chi connectivity index (χ1) is 3.79. The summed E-state index contributed by atoms with van der Waals surface area (Å²) in [6.07, 6.45) is 1.19.